The number of ether oxygens (including phenoxy) is 1. The van der Waals surface area contributed by atoms with Crippen molar-refractivity contribution in [3.63, 3.8) is 0 Å². The SMILES string of the molecule is CC(C)(C(=O)OCc1ccccc1)[C@H](F)CN1CC[C@@H]2NCC(F)(F)[C@@H]21. The first-order valence-corrected chi connectivity index (χ1v) is 8.92. The highest BCUT2D eigenvalue weighted by Crippen LogP contribution is 2.37. The molecule has 2 aliphatic rings. The first-order valence-electron chi connectivity index (χ1n) is 8.92. The third-order valence-corrected chi connectivity index (χ3v) is 5.45. The lowest BCUT2D eigenvalue weighted by Gasteiger charge is -2.33. The van der Waals surface area contributed by atoms with E-state index in [1.54, 1.807) is 0 Å². The summed E-state index contributed by atoms with van der Waals surface area (Å²) in [5.74, 6) is -3.54. The van der Waals surface area contributed by atoms with Gasteiger partial charge >= 0.3 is 5.97 Å². The van der Waals surface area contributed by atoms with Gasteiger partial charge in [-0.2, -0.15) is 0 Å². The van der Waals surface area contributed by atoms with Crippen LogP contribution in [0, 0.1) is 5.41 Å². The molecule has 0 radical (unpaired) electrons. The van der Waals surface area contributed by atoms with E-state index in [0.717, 1.165) is 5.56 Å². The fraction of sp³-hybridized carbons (Fsp3) is 0.632. The number of alkyl halides is 3. The average molecular weight is 370 g/mol. The van der Waals surface area contributed by atoms with Gasteiger partial charge in [0.05, 0.1) is 18.0 Å². The lowest BCUT2D eigenvalue weighted by molar-refractivity contribution is -0.160. The molecule has 0 saturated carbocycles. The molecule has 0 aromatic heterocycles. The smallest absolute Gasteiger partial charge is 0.314 e. The van der Waals surface area contributed by atoms with Gasteiger partial charge in [0.15, 0.2) is 0 Å². The highest BCUT2D eigenvalue weighted by molar-refractivity contribution is 5.76. The monoisotopic (exact) mass is 370 g/mol. The summed E-state index contributed by atoms with van der Waals surface area (Å²) >= 11 is 0. The summed E-state index contributed by atoms with van der Waals surface area (Å²) in [6, 6.07) is 7.81. The average Bonchev–Trinajstić information content (AvgIpc) is 3.15. The van der Waals surface area contributed by atoms with Gasteiger partial charge in [0.1, 0.15) is 12.8 Å². The number of esters is 1. The first-order chi connectivity index (χ1) is 12.2. The van der Waals surface area contributed by atoms with E-state index in [4.69, 9.17) is 4.74 Å². The molecule has 1 aromatic carbocycles. The first kappa shape index (κ1) is 19.2. The maximum atomic E-state index is 14.9. The molecule has 0 aliphatic carbocycles. The predicted octanol–water partition coefficient (Wildman–Crippen LogP) is 2.78. The largest absolute Gasteiger partial charge is 0.460 e. The fourth-order valence-electron chi connectivity index (χ4n) is 3.68. The number of carbonyl (C=O) groups is 1. The Kier molecular flexibility index (Phi) is 5.30. The minimum atomic E-state index is -2.88. The number of hydrogen-bond acceptors (Lipinski definition) is 4. The zero-order valence-corrected chi connectivity index (χ0v) is 15.1. The molecule has 0 unspecified atom stereocenters. The minimum Gasteiger partial charge on any atom is -0.460 e. The summed E-state index contributed by atoms with van der Waals surface area (Å²) in [4.78, 5) is 13.8. The topological polar surface area (TPSA) is 41.6 Å². The van der Waals surface area contributed by atoms with Crippen LogP contribution in [0.25, 0.3) is 0 Å². The third kappa shape index (κ3) is 3.74. The quantitative estimate of drug-likeness (QED) is 0.782. The zero-order valence-electron chi connectivity index (χ0n) is 15.1. The van der Waals surface area contributed by atoms with E-state index in [9.17, 15) is 18.0 Å². The summed E-state index contributed by atoms with van der Waals surface area (Å²) < 4.78 is 48.2. The van der Waals surface area contributed by atoms with Gasteiger partial charge in [0.25, 0.3) is 5.92 Å². The summed E-state index contributed by atoms with van der Waals surface area (Å²) in [7, 11) is 0. The van der Waals surface area contributed by atoms with Crippen LogP contribution in [0.2, 0.25) is 0 Å². The molecular formula is C19H25F3N2O2. The number of hydrogen-bond donors (Lipinski definition) is 1. The van der Waals surface area contributed by atoms with Gasteiger partial charge in [0, 0.05) is 19.1 Å². The molecule has 2 aliphatic heterocycles. The molecule has 2 heterocycles. The number of nitrogens with one attached hydrogen (secondary N) is 1. The van der Waals surface area contributed by atoms with Crippen LogP contribution in [0.15, 0.2) is 30.3 Å². The van der Waals surface area contributed by atoms with Crippen LogP contribution in [0.4, 0.5) is 13.2 Å². The third-order valence-electron chi connectivity index (χ3n) is 5.45. The Bertz CT molecular complexity index is 639. The van der Waals surface area contributed by atoms with E-state index in [1.165, 1.54) is 18.7 Å². The Labute approximate surface area is 151 Å². The van der Waals surface area contributed by atoms with Crippen molar-refractivity contribution >= 4 is 5.97 Å². The molecule has 0 spiro atoms. The number of nitrogens with zero attached hydrogens (tertiary/aromatic N) is 1. The van der Waals surface area contributed by atoms with Gasteiger partial charge in [0.2, 0.25) is 0 Å². The highest BCUT2D eigenvalue weighted by Gasteiger charge is 2.56. The molecule has 26 heavy (non-hydrogen) atoms. The molecule has 7 heteroatoms. The van der Waals surface area contributed by atoms with E-state index >= 15 is 0 Å². The van der Waals surface area contributed by atoms with E-state index in [0.29, 0.717) is 13.0 Å². The Balaban J connectivity index is 1.59. The van der Waals surface area contributed by atoms with E-state index in [2.05, 4.69) is 5.32 Å². The maximum absolute atomic E-state index is 14.9. The number of rotatable bonds is 6. The van der Waals surface area contributed by atoms with Crippen LogP contribution in [0.5, 0.6) is 0 Å². The summed E-state index contributed by atoms with van der Waals surface area (Å²) in [5.41, 5.74) is -0.597. The van der Waals surface area contributed by atoms with Gasteiger partial charge in [-0.3, -0.25) is 9.69 Å². The Morgan fingerprint density at radius 3 is 2.77 bits per heavy atom. The normalized spacial score (nSPS) is 26.5. The second-order valence-corrected chi connectivity index (χ2v) is 7.73. The van der Waals surface area contributed by atoms with E-state index < -0.39 is 29.5 Å². The Morgan fingerprint density at radius 2 is 2.08 bits per heavy atom. The molecule has 2 fully saturated rings. The van der Waals surface area contributed by atoms with Gasteiger partial charge in [-0.05, 0) is 25.8 Å². The number of benzene rings is 1. The molecule has 0 amide bonds. The molecular weight excluding hydrogens is 345 g/mol. The van der Waals surface area contributed by atoms with Crippen LogP contribution in [-0.2, 0) is 16.1 Å². The van der Waals surface area contributed by atoms with Crippen molar-refractivity contribution in [1.29, 1.82) is 0 Å². The van der Waals surface area contributed by atoms with Crippen LogP contribution < -0.4 is 5.32 Å². The number of fused-ring (bicyclic) bond motifs is 1. The van der Waals surface area contributed by atoms with Gasteiger partial charge in [-0.15, -0.1) is 0 Å². The molecule has 1 aromatic rings. The maximum Gasteiger partial charge on any atom is 0.314 e. The number of likely N-dealkylation sites (tertiary alicyclic amines) is 1. The molecule has 3 atom stereocenters. The second kappa shape index (κ2) is 7.19. The Morgan fingerprint density at radius 1 is 1.38 bits per heavy atom. The van der Waals surface area contributed by atoms with Crippen molar-refractivity contribution in [3.8, 4) is 0 Å². The van der Waals surface area contributed by atoms with Crippen molar-refractivity contribution in [3.05, 3.63) is 35.9 Å². The molecule has 144 valence electrons. The van der Waals surface area contributed by atoms with Crippen LogP contribution in [-0.4, -0.2) is 54.7 Å². The van der Waals surface area contributed by atoms with Gasteiger partial charge in [-0.25, -0.2) is 13.2 Å². The molecule has 0 bridgehead atoms. The zero-order chi connectivity index (χ0) is 18.9. The van der Waals surface area contributed by atoms with Crippen LogP contribution in [0.3, 0.4) is 0 Å². The van der Waals surface area contributed by atoms with Crippen LogP contribution >= 0.6 is 0 Å². The second-order valence-electron chi connectivity index (χ2n) is 7.73. The molecule has 2 saturated heterocycles. The molecule has 4 nitrogen and oxygen atoms in total. The van der Waals surface area contributed by atoms with Crippen molar-refractivity contribution < 1.29 is 22.7 Å². The minimum absolute atomic E-state index is 0.0617. The predicted molar refractivity (Wildman–Crippen MR) is 91.6 cm³/mol. The number of carbonyl (C=O) groups excluding carboxylic acids is 1. The van der Waals surface area contributed by atoms with Crippen LogP contribution in [0.1, 0.15) is 25.8 Å². The summed E-state index contributed by atoms with van der Waals surface area (Å²) in [5, 5.41) is 2.81. The number of halogens is 3. The summed E-state index contributed by atoms with van der Waals surface area (Å²) in [6.45, 7) is 2.80. The van der Waals surface area contributed by atoms with Crippen molar-refractivity contribution in [2.75, 3.05) is 19.6 Å². The highest BCUT2D eigenvalue weighted by atomic mass is 19.3. The lowest BCUT2D eigenvalue weighted by Crippen LogP contribution is -2.50. The summed E-state index contributed by atoms with van der Waals surface area (Å²) in [6.07, 6.45) is -1.03. The van der Waals surface area contributed by atoms with Gasteiger partial charge in [-0.1, -0.05) is 30.3 Å². The molecule has 1 N–H and O–H groups in total. The lowest BCUT2D eigenvalue weighted by atomic mass is 9.87. The van der Waals surface area contributed by atoms with Gasteiger partial charge < -0.3 is 10.1 Å². The standard InChI is InChI=1S/C19H25F3N2O2/c1-18(2,17(25)26-11-13-6-4-3-5-7-13)15(20)10-24-9-8-14-16(24)19(21,22)12-23-14/h3-7,14-16,23H,8-12H2,1-2H3/t14-,15+,16+/m0/s1. The van der Waals surface area contributed by atoms with E-state index in [-0.39, 0.29) is 25.7 Å². The molecule has 3 rings (SSSR count). The Hall–Kier alpha value is -1.60. The van der Waals surface area contributed by atoms with Crippen molar-refractivity contribution in [2.24, 2.45) is 5.41 Å². The fourth-order valence-corrected chi connectivity index (χ4v) is 3.68. The van der Waals surface area contributed by atoms with Crippen molar-refractivity contribution in [1.82, 2.24) is 10.2 Å². The van der Waals surface area contributed by atoms with Crippen molar-refractivity contribution in [2.45, 2.75) is 51.1 Å². The van der Waals surface area contributed by atoms with E-state index in [1.807, 2.05) is 30.3 Å².